The highest BCUT2D eigenvalue weighted by Gasteiger charge is 2.53. The van der Waals surface area contributed by atoms with E-state index in [1.54, 1.807) is 7.11 Å². The number of carbonyl (C=O) groups excluding carboxylic acids is 1. The highest BCUT2D eigenvalue weighted by atomic mass is 16.5. The molecule has 4 rings (SSSR count). The van der Waals surface area contributed by atoms with Crippen LogP contribution in [0.15, 0.2) is 48.5 Å². The van der Waals surface area contributed by atoms with Gasteiger partial charge in [-0.05, 0) is 37.5 Å². The van der Waals surface area contributed by atoms with E-state index in [9.17, 15) is 4.79 Å². The maximum atomic E-state index is 13.0. The van der Waals surface area contributed by atoms with Crippen molar-refractivity contribution in [2.45, 2.75) is 31.7 Å². The van der Waals surface area contributed by atoms with Gasteiger partial charge in [-0.3, -0.25) is 4.79 Å². The van der Waals surface area contributed by atoms with Gasteiger partial charge in [0.25, 0.3) is 0 Å². The predicted molar refractivity (Wildman–Crippen MR) is 98.8 cm³/mol. The lowest BCUT2D eigenvalue weighted by Gasteiger charge is -2.17. The molecular formula is C21H22N2O2. The summed E-state index contributed by atoms with van der Waals surface area (Å²) < 4.78 is 5.37. The Kier molecular flexibility index (Phi) is 3.75. The van der Waals surface area contributed by atoms with Crippen molar-refractivity contribution >= 4 is 16.8 Å². The SMILES string of the molecule is COc1ccccc1CNC(=O)C1(c2c(C)[nH]c3ccccc23)CC1. The number of rotatable bonds is 5. The summed E-state index contributed by atoms with van der Waals surface area (Å²) in [6, 6.07) is 16.0. The Labute approximate surface area is 147 Å². The molecule has 1 aromatic heterocycles. The maximum absolute atomic E-state index is 13.0. The van der Waals surface area contributed by atoms with Crippen molar-refractivity contribution in [3.05, 3.63) is 65.4 Å². The van der Waals surface area contributed by atoms with E-state index in [1.807, 2.05) is 36.4 Å². The molecular weight excluding hydrogens is 312 g/mol. The molecule has 4 nitrogen and oxygen atoms in total. The Hall–Kier alpha value is -2.75. The average molecular weight is 334 g/mol. The van der Waals surface area contributed by atoms with Crippen molar-refractivity contribution in [2.24, 2.45) is 0 Å². The fourth-order valence-corrected chi connectivity index (χ4v) is 3.80. The van der Waals surface area contributed by atoms with Gasteiger partial charge in [-0.1, -0.05) is 36.4 Å². The van der Waals surface area contributed by atoms with Gasteiger partial charge in [0.2, 0.25) is 5.91 Å². The molecule has 0 aliphatic heterocycles. The quantitative estimate of drug-likeness (QED) is 0.745. The Morgan fingerprint density at radius 3 is 2.64 bits per heavy atom. The number of amides is 1. The second kappa shape index (κ2) is 5.96. The predicted octanol–water partition coefficient (Wildman–Crippen LogP) is 3.83. The van der Waals surface area contributed by atoms with Crippen LogP contribution in [0.25, 0.3) is 10.9 Å². The van der Waals surface area contributed by atoms with E-state index in [0.717, 1.165) is 46.3 Å². The summed E-state index contributed by atoms with van der Waals surface area (Å²) in [5, 5.41) is 4.28. The summed E-state index contributed by atoms with van der Waals surface area (Å²) in [4.78, 5) is 16.4. The van der Waals surface area contributed by atoms with Crippen molar-refractivity contribution in [3.63, 3.8) is 0 Å². The minimum absolute atomic E-state index is 0.103. The van der Waals surface area contributed by atoms with Crippen molar-refractivity contribution in [1.29, 1.82) is 0 Å². The van der Waals surface area contributed by atoms with E-state index in [1.165, 1.54) is 0 Å². The van der Waals surface area contributed by atoms with E-state index in [-0.39, 0.29) is 5.91 Å². The smallest absolute Gasteiger partial charge is 0.231 e. The summed E-state index contributed by atoms with van der Waals surface area (Å²) in [5.74, 6) is 0.905. The Morgan fingerprint density at radius 2 is 1.88 bits per heavy atom. The molecule has 4 heteroatoms. The lowest BCUT2D eigenvalue weighted by molar-refractivity contribution is -0.123. The first kappa shape index (κ1) is 15.8. The molecule has 3 aromatic rings. The number of nitrogens with one attached hydrogen (secondary N) is 2. The largest absolute Gasteiger partial charge is 0.496 e. The summed E-state index contributed by atoms with van der Waals surface area (Å²) in [6.07, 6.45) is 1.79. The molecule has 0 bridgehead atoms. The molecule has 1 fully saturated rings. The van der Waals surface area contributed by atoms with E-state index in [0.29, 0.717) is 6.54 Å². The number of para-hydroxylation sites is 2. The zero-order valence-corrected chi connectivity index (χ0v) is 14.6. The molecule has 0 saturated heterocycles. The van der Waals surface area contributed by atoms with Crippen molar-refractivity contribution in [2.75, 3.05) is 7.11 Å². The molecule has 128 valence electrons. The van der Waals surface area contributed by atoms with Gasteiger partial charge in [-0.2, -0.15) is 0 Å². The van der Waals surface area contributed by atoms with Crippen LogP contribution in [0.3, 0.4) is 0 Å². The third-order valence-electron chi connectivity index (χ3n) is 5.19. The molecule has 1 aliphatic rings. The number of fused-ring (bicyclic) bond motifs is 1. The van der Waals surface area contributed by atoms with E-state index < -0.39 is 5.41 Å². The second-order valence-corrected chi connectivity index (χ2v) is 6.75. The fourth-order valence-electron chi connectivity index (χ4n) is 3.80. The van der Waals surface area contributed by atoms with Gasteiger partial charge in [-0.25, -0.2) is 0 Å². The summed E-state index contributed by atoms with van der Waals surface area (Å²) in [5.41, 5.74) is 3.93. The molecule has 25 heavy (non-hydrogen) atoms. The molecule has 0 atom stereocenters. The third kappa shape index (κ3) is 2.58. The molecule has 0 unspecified atom stereocenters. The summed E-state index contributed by atoms with van der Waals surface area (Å²) in [6.45, 7) is 2.54. The first-order valence-electron chi connectivity index (χ1n) is 8.64. The Bertz CT molecular complexity index is 938. The van der Waals surface area contributed by atoms with E-state index >= 15 is 0 Å². The highest BCUT2D eigenvalue weighted by Crippen LogP contribution is 2.52. The molecule has 1 amide bonds. The maximum Gasteiger partial charge on any atom is 0.231 e. The monoisotopic (exact) mass is 334 g/mol. The number of benzene rings is 2. The van der Waals surface area contributed by atoms with Gasteiger partial charge in [0.1, 0.15) is 5.75 Å². The van der Waals surface area contributed by atoms with Crippen LogP contribution in [-0.2, 0) is 16.8 Å². The van der Waals surface area contributed by atoms with Crippen LogP contribution >= 0.6 is 0 Å². The van der Waals surface area contributed by atoms with E-state index in [4.69, 9.17) is 4.74 Å². The third-order valence-corrected chi connectivity index (χ3v) is 5.19. The number of aryl methyl sites for hydroxylation is 1. The van der Waals surface area contributed by atoms with Gasteiger partial charge in [0, 0.05) is 28.7 Å². The molecule has 0 spiro atoms. The van der Waals surface area contributed by atoms with E-state index in [2.05, 4.69) is 29.4 Å². The average Bonchev–Trinajstić information content (AvgIpc) is 3.36. The molecule has 1 aliphatic carbocycles. The fraction of sp³-hybridized carbons (Fsp3) is 0.286. The highest BCUT2D eigenvalue weighted by molar-refractivity contribution is 5.98. The lowest BCUT2D eigenvalue weighted by atomic mass is 9.92. The number of hydrogen-bond acceptors (Lipinski definition) is 2. The Balaban J connectivity index is 1.60. The summed E-state index contributed by atoms with van der Waals surface area (Å²) in [7, 11) is 1.65. The number of aromatic amines is 1. The van der Waals surface area contributed by atoms with Crippen LogP contribution in [0.2, 0.25) is 0 Å². The molecule has 0 radical (unpaired) electrons. The van der Waals surface area contributed by atoms with Crippen LogP contribution in [0, 0.1) is 6.92 Å². The Morgan fingerprint density at radius 1 is 1.16 bits per heavy atom. The van der Waals surface area contributed by atoms with Crippen molar-refractivity contribution < 1.29 is 9.53 Å². The number of ether oxygens (including phenoxy) is 1. The first-order chi connectivity index (χ1) is 12.2. The number of methoxy groups -OCH3 is 1. The zero-order valence-electron chi connectivity index (χ0n) is 14.6. The molecule has 2 aromatic carbocycles. The topological polar surface area (TPSA) is 54.1 Å². The van der Waals surface area contributed by atoms with Crippen LogP contribution < -0.4 is 10.1 Å². The molecule has 1 heterocycles. The lowest BCUT2D eigenvalue weighted by Crippen LogP contribution is -2.34. The summed E-state index contributed by atoms with van der Waals surface area (Å²) >= 11 is 0. The normalized spacial score (nSPS) is 15.1. The van der Waals surface area contributed by atoms with Crippen LogP contribution in [-0.4, -0.2) is 18.0 Å². The minimum atomic E-state index is -0.397. The van der Waals surface area contributed by atoms with Gasteiger partial charge in [0.05, 0.1) is 12.5 Å². The zero-order chi connectivity index (χ0) is 17.4. The second-order valence-electron chi connectivity index (χ2n) is 6.75. The van der Waals surface area contributed by atoms with Gasteiger partial charge < -0.3 is 15.0 Å². The van der Waals surface area contributed by atoms with Gasteiger partial charge in [-0.15, -0.1) is 0 Å². The number of H-pyrrole nitrogens is 1. The number of hydrogen-bond donors (Lipinski definition) is 2. The van der Waals surface area contributed by atoms with Crippen LogP contribution in [0.5, 0.6) is 5.75 Å². The first-order valence-corrected chi connectivity index (χ1v) is 8.64. The van der Waals surface area contributed by atoms with Gasteiger partial charge >= 0.3 is 0 Å². The van der Waals surface area contributed by atoms with Crippen LogP contribution in [0.1, 0.15) is 29.7 Å². The minimum Gasteiger partial charge on any atom is -0.496 e. The van der Waals surface area contributed by atoms with Crippen molar-refractivity contribution in [3.8, 4) is 5.75 Å². The molecule has 1 saturated carbocycles. The number of carbonyl (C=O) groups is 1. The standard InChI is InChI=1S/C21H22N2O2/c1-14-19(16-8-4-5-9-17(16)23-14)21(11-12-21)20(24)22-13-15-7-3-6-10-18(15)25-2/h3-10,23H,11-13H2,1-2H3,(H,22,24). The number of aromatic nitrogens is 1. The van der Waals surface area contributed by atoms with Crippen LogP contribution in [0.4, 0.5) is 0 Å². The van der Waals surface area contributed by atoms with Crippen molar-refractivity contribution in [1.82, 2.24) is 10.3 Å². The molecule has 2 N–H and O–H groups in total. The van der Waals surface area contributed by atoms with Gasteiger partial charge in [0.15, 0.2) is 0 Å².